The standard InChI is InChI=1S/C21H20ClN3O5S/c1-14-19(21(22)25(24-14)17-6-4-3-5-7-17)13-30-20(27)12-23-31(28,29)18-10-8-16(9-11-18)15(2)26/h3-11,23H,12-13H2,1-2H3. The van der Waals surface area contributed by atoms with E-state index < -0.39 is 22.5 Å². The first-order valence-corrected chi connectivity index (χ1v) is 11.1. The molecule has 0 fully saturated rings. The minimum absolute atomic E-state index is 0.0617. The van der Waals surface area contributed by atoms with Gasteiger partial charge >= 0.3 is 5.97 Å². The highest BCUT2D eigenvalue weighted by Gasteiger charge is 2.19. The van der Waals surface area contributed by atoms with E-state index in [9.17, 15) is 18.0 Å². The fraction of sp³-hybridized carbons (Fsp3) is 0.190. The molecule has 1 N–H and O–H groups in total. The normalized spacial score (nSPS) is 11.3. The van der Waals surface area contributed by atoms with Gasteiger partial charge in [-0.1, -0.05) is 41.9 Å². The van der Waals surface area contributed by atoms with E-state index in [1.807, 2.05) is 30.3 Å². The molecule has 0 amide bonds. The first-order chi connectivity index (χ1) is 14.7. The van der Waals surface area contributed by atoms with E-state index in [1.165, 1.54) is 35.9 Å². The number of hydrogen-bond donors (Lipinski definition) is 1. The van der Waals surface area contributed by atoms with Crippen molar-refractivity contribution in [2.75, 3.05) is 6.54 Å². The van der Waals surface area contributed by atoms with Crippen LogP contribution in [0.25, 0.3) is 5.69 Å². The maximum Gasteiger partial charge on any atom is 0.321 e. The summed E-state index contributed by atoms with van der Waals surface area (Å²) in [5.41, 5.74) is 2.27. The van der Waals surface area contributed by atoms with Crippen LogP contribution in [0, 0.1) is 6.92 Å². The van der Waals surface area contributed by atoms with E-state index in [2.05, 4.69) is 9.82 Å². The summed E-state index contributed by atoms with van der Waals surface area (Å²) in [5.74, 6) is -0.947. The van der Waals surface area contributed by atoms with Crippen molar-refractivity contribution in [3.05, 3.63) is 76.6 Å². The second kappa shape index (κ2) is 9.42. The van der Waals surface area contributed by atoms with Crippen LogP contribution in [0.4, 0.5) is 0 Å². The Morgan fingerprint density at radius 1 is 1.10 bits per heavy atom. The van der Waals surface area contributed by atoms with Crippen molar-refractivity contribution < 1.29 is 22.7 Å². The lowest BCUT2D eigenvalue weighted by molar-refractivity contribution is -0.143. The molecule has 0 aliphatic heterocycles. The number of aromatic nitrogens is 2. The Morgan fingerprint density at radius 2 is 1.74 bits per heavy atom. The zero-order valence-corrected chi connectivity index (χ0v) is 18.4. The lowest BCUT2D eigenvalue weighted by atomic mass is 10.2. The van der Waals surface area contributed by atoms with E-state index in [0.717, 1.165) is 5.69 Å². The summed E-state index contributed by atoms with van der Waals surface area (Å²) in [6.07, 6.45) is 0. The van der Waals surface area contributed by atoms with Crippen LogP contribution in [0.15, 0.2) is 59.5 Å². The summed E-state index contributed by atoms with van der Waals surface area (Å²) in [5, 5.41) is 4.67. The minimum atomic E-state index is -3.93. The van der Waals surface area contributed by atoms with Crippen LogP contribution < -0.4 is 4.72 Å². The molecule has 0 aliphatic rings. The van der Waals surface area contributed by atoms with Crippen LogP contribution >= 0.6 is 11.6 Å². The third kappa shape index (κ3) is 5.38. The van der Waals surface area contributed by atoms with E-state index in [4.69, 9.17) is 16.3 Å². The lowest BCUT2D eigenvalue weighted by Gasteiger charge is -2.08. The van der Waals surface area contributed by atoms with Crippen molar-refractivity contribution in [2.24, 2.45) is 0 Å². The fourth-order valence-electron chi connectivity index (χ4n) is 2.75. The van der Waals surface area contributed by atoms with Crippen molar-refractivity contribution in [3.63, 3.8) is 0 Å². The number of carbonyl (C=O) groups is 2. The lowest BCUT2D eigenvalue weighted by Crippen LogP contribution is -2.30. The van der Waals surface area contributed by atoms with E-state index in [1.54, 1.807) is 6.92 Å². The molecule has 0 radical (unpaired) electrons. The highest BCUT2D eigenvalue weighted by molar-refractivity contribution is 7.89. The molecule has 1 aromatic heterocycles. The molecule has 1 heterocycles. The third-order valence-electron chi connectivity index (χ3n) is 4.48. The summed E-state index contributed by atoms with van der Waals surface area (Å²) in [4.78, 5) is 23.3. The number of ketones is 1. The summed E-state index contributed by atoms with van der Waals surface area (Å²) in [6.45, 7) is 2.42. The number of benzene rings is 2. The van der Waals surface area contributed by atoms with Gasteiger partial charge in [0, 0.05) is 11.1 Å². The summed E-state index contributed by atoms with van der Waals surface area (Å²) >= 11 is 6.39. The van der Waals surface area contributed by atoms with E-state index in [-0.39, 0.29) is 17.3 Å². The van der Waals surface area contributed by atoms with Gasteiger partial charge in [0.15, 0.2) is 5.78 Å². The predicted molar refractivity (Wildman–Crippen MR) is 115 cm³/mol. The number of esters is 1. The predicted octanol–water partition coefficient (Wildman–Crippen LogP) is 3.06. The van der Waals surface area contributed by atoms with Crippen molar-refractivity contribution in [2.45, 2.75) is 25.3 Å². The Kier molecular flexibility index (Phi) is 6.89. The molecule has 0 saturated carbocycles. The molecule has 162 valence electrons. The zero-order chi connectivity index (χ0) is 22.6. The maximum atomic E-state index is 12.3. The molecule has 0 unspecified atom stereocenters. The molecule has 0 bridgehead atoms. The van der Waals surface area contributed by atoms with Gasteiger partial charge in [-0.25, -0.2) is 13.1 Å². The molecule has 0 aliphatic carbocycles. The SMILES string of the molecule is CC(=O)c1ccc(S(=O)(=O)NCC(=O)OCc2c(C)nn(-c3ccccc3)c2Cl)cc1. The van der Waals surface area contributed by atoms with Crippen molar-refractivity contribution in [1.29, 1.82) is 0 Å². The number of para-hydroxylation sites is 1. The number of rotatable bonds is 8. The van der Waals surface area contributed by atoms with Gasteiger partial charge in [-0.3, -0.25) is 9.59 Å². The van der Waals surface area contributed by atoms with Gasteiger partial charge in [-0.15, -0.1) is 0 Å². The van der Waals surface area contributed by atoms with Crippen LogP contribution in [-0.4, -0.2) is 36.5 Å². The van der Waals surface area contributed by atoms with Gasteiger partial charge < -0.3 is 4.74 Å². The number of hydrogen-bond acceptors (Lipinski definition) is 6. The van der Waals surface area contributed by atoms with Crippen molar-refractivity contribution in [3.8, 4) is 5.69 Å². The highest BCUT2D eigenvalue weighted by Crippen LogP contribution is 2.24. The van der Waals surface area contributed by atoms with Crippen molar-refractivity contribution >= 4 is 33.4 Å². The Labute approximate surface area is 184 Å². The van der Waals surface area contributed by atoms with Gasteiger partial charge in [-0.2, -0.15) is 9.82 Å². The molecule has 3 aromatic rings. The van der Waals surface area contributed by atoms with Gasteiger partial charge in [0.2, 0.25) is 10.0 Å². The number of carbonyl (C=O) groups excluding carboxylic acids is 2. The number of Topliss-reactive ketones (excluding diaryl/α,β-unsaturated/α-hetero) is 1. The Hall–Kier alpha value is -3.01. The Balaban J connectivity index is 1.60. The number of nitrogens with one attached hydrogen (secondary N) is 1. The summed E-state index contributed by atoms with van der Waals surface area (Å²) in [6, 6.07) is 14.7. The fourth-order valence-corrected chi connectivity index (χ4v) is 4.04. The topological polar surface area (TPSA) is 107 Å². The smallest absolute Gasteiger partial charge is 0.321 e. The molecule has 0 spiro atoms. The molecule has 31 heavy (non-hydrogen) atoms. The molecule has 2 aromatic carbocycles. The molecular weight excluding hydrogens is 442 g/mol. The third-order valence-corrected chi connectivity index (χ3v) is 6.28. The molecule has 0 atom stereocenters. The van der Waals surface area contributed by atoms with Gasteiger partial charge in [-0.05, 0) is 38.1 Å². The second-order valence-corrected chi connectivity index (χ2v) is 8.79. The first kappa shape index (κ1) is 22.7. The number of aryl methyl sites for hydroxylation is 1. The first-order valence-electron chi connectivity index (χ1n) is 9.25. The van der Waals surface area contributed by atoms with Crippen LogP contribution in [0.3, 0.4) is 0 Å². The highest BCUT2D eigenvalue weighted by atomic mass is 35.5. The van der Waals surface area contributed by atoms with Crippen LogP contribution in [0.5, 0.6) is 0 Å². The molecule has 8 nitrogen and oxygen atoms in total. The minimum Gasteiger partial charge on any atom is -0.460 e. The van der Waals surface area contributed by atoms with Crippen LogP contribution in [0.1, 0.15) is 28.5 Å². The molecule has 0 saturated heterocycles. The average molecular weight is 462 g/mol. The Bertz CT molecular complexity index is 1210. The van der Waals surface area contributed by atoms with E-state index in [0.29, 0.717) is 22.0 Å². The molecule has 3 rings (SSSR count). The van der Waals surface area contributed by atoms with Gasteiger partial charge in [0.1, 0.15) is 18.3 Å². The average Bonchev–Trinajstić information content (AvgIpc) is 3.05. The monoisotopic (exact) mass is 461 g/mol. The van der Waals surface area contributed by atoms with Crippen molar-refractivity contribution in [1.82, 2.24) is 14.5 Å². The molecular formula is C21H20ClN3O5S. The number of nitrogens with zero attached hydrogens (tertiary/aromatic N) is 2. The largest absolute Gasteiger partial charge is 0.460 e. The number of halogens is 1. The Morgan fingerprint density at radius 3 is 2.35 bits per heavy atom. The number of sulfonamides is 1. The number of ether oxygens (including phenoxy) is 1. The van der Waals surface area contributed by atoms with Crippen LogP contribution in [0.2, 0.25) is 5.15 Å². The van der Waals surface area contributed by atoms with Gasteiger partial charge in [0.25, 0.3) is 0 Å². The maximum absolute atomic E-state index is 12.3. The summed E-state index contributed by atoms with van der Waals surface area (Å²) < 4.78 is 33.5. The van der Waals surface area contributed by atoms with Crippen LogP contribution in [-0.2, 0) is 26.2 Å². The second-order valence-electron chi connectivity index (χ2n) is 6.67. The molecule has 10 heteroatoms. The zero-order valence-electron chi connectivity index (χ0n) is 16.8. The summed E-state index contributed by atoms with van der Waals surface area (Å²) in [7, 11) is -3.93. The van der Waals surface area contributed by atoms with Gasteiger partial charge in [0.05, 0.1) is 16.3 Å². The quantitative estimate of drug-likeness (QED) is 0.408. The van der Waals surface area contributed by atoms with E-state index >= 15 is 0 Å².